The average Bonchev–Trinajstić information content (AvgIpc) is 2.87. The lowest BCUT2D eigenvalue weighted by Gasteiger charge is -1.99. The number of alkyl halides is 2. The third-order valence-corrected chi connectivity index (χ3v) is 2.36. The van der Waals surface area contributed by atoms with E-state index < -0.39 is 18.6 Å². The highest BCUT2D eigenvalue weighted by atomic mass is 19.3. The SMILES string of the molecule is COc1cccc(-c2noc(CC(=O)C(F)F)n2)c1. The van der Waals surface area contributed by atoms with E-state index in [9.17, 15) is 13.6 Å². The van der Waals surface area contributed by atoms with Gasteiger partial charge in [-0.15, -0.1) is 0 Å². The van der Waals surface area contributed by atoms with E-state index in [1.54, 1.807) is 24.3 Å². The number of ether oxygens (including phenoxy) is 1. The van der Waals surface area contributed by atoms with Crippen molar-refractivity contribution >= 4 is 5.78 Å². The maximum Gasteiger partial charge on any atom is 0.296 e. The number of methoxy groups -OCH3 is 1. The van der Waals surface area contributed by atoms with E-state index in [1.165, 1.54) is 7.11 Å². The van der Waals surface area contributed by atoms with Gasteiger partial charge in [0, 0.05) is 5.56 Å². The molecule has 5 nitrogen and oxygen atoms in total. The molecule has 0 spiro atoms. The maximum absolute atomic E-state index is 12.1. The predicted molar refractivity (Wildman–Crippen MR) is 61.0 cm³/mol. The molecule has 0 atom stereocenters. The Labute approximate surface area is 107 Å². The third kappa shape index (κ3) is 3.12. The molecule has 1 aromatic heterocycles. The molecule has 2 aromatic rings. The van der Waals surface area contributed by atoms with Gasteiger partial charge < -0.3 is 9.26 Å². The van der Waals surface area contributed by atoms with Crippen LogP contribution in [0.15, 0.2) is 28.8 Å². The van der Waals surface area contributed by atoms with Crippen molar-refractivity contribution in [3.05, 3.63) is 30.2 Å². The summed E-state index contributed by atoms with van der Waals surface area (Å²) in [7, 11) is 1.52. The topological polar surface area (TPSA) is 65.2 Å². The van der Waals surface area contributed by atoms with Gasteiger partial charge in [0.05, 0.1) is 13.5 Å². The summed E-state index contributed by atoms with van der Waals surface area (Å²) in [6.07, 6.45) is -3.61. The normalized spacial score (nSPS) is 10.7. The molecule has 19 heavy (non-hydrogen) atoms. The molecular formula is C12H10F2N2O3. The van der Waals surface area contributed by atoms with Crippen LogP contribution in [0, 0.1) is 0 Å². The molecule has 0 unspecified atom stereocenters. The van der Waals surface area contributed by atoms with Crippen LogP contribution in [0.25, 0.3) is 11.4 Å². The lowest BCUT2D eigenvalue weighted by molar-refractivity contribution is -0.129. The van der Waals surface area contributed by atoms with Crippen molar-refractivity contribution in [3.63, 3.8) is 0 Å². The Balaban J connectivity index is 2.18. The minimum absolute atomic E-state index is 0.136. The molecule has 1 aromatic carbocycles. The molecule has 0 amide bonds. The van der Waals surface area contributed by atoms with Gasteiger partial charge in [0.25, 0.3) is 6.43 Å². The zero-order chi connectivity index (χ0) is 13.8. The molecule has 100 valence electrons. The molecule has 0 fully saturated rings. The van der Waals surface area contributed by atoms with E-state index in [0.717, 1.165) is 0 Å². The molecule has 0 aliphatic rings. The van der Waals surface area contributed by atoms with E-state index in [2.05, 4.69) is 10.1 Å². The monoisotopic (exact) mass is 268 g/mol. The zero-order valence-corrected chi connectivity index (χ0v) is 9.97. The van der Waals surface area contributed by atoms with E-state index in [4.69, 9.17) is 9.26 Å². The van der Waals surface area contributed by atoms with Gasteiger partial charge in [-0.1, -0.05) is 17.3 Å². The summed E-state index contributed by atoms with van der Waals surface area (Å²) in [5.41, 5.74) is 0.610. The van der Waals surface area contributed by atoms with Crippen molar-refractivity contribution in [2.45, 2.75) is 12.8 Å². The van der Waals surface area contributed by atoms with E-state index in [0.29, 0.717) is 11.3 Å². The first kappa shape index (κ1) is 13.1. The smallest absolute Gasteiger partial charge is 0.296 e. The number of benzene rings is 1. The summed E-state index contributed by atoms with van der Waals surface area (Å²) in [5.74, 6) is -0.563. The van der Waals surface area contributed by atoms with Crippen molar-refractivity contribution in [3.8, 4) is 17.1 Å². The molecule has 7 heteroatoms. The lowest BCUT2D eigenvalue weighted by atomic mass is 10.2. The Hall–Kier alpha value is -2.31. The Morgan fingerprint density at radius 3 is 2.95 bits per heavy atom. The number of ketones is 1. The van der Waals surface area contributed by atoms with Crippen molar-refractivity contribution < 1.29 is 22.8 Å². The average molecular weight is 268 g/mol. The predicted octanol–water partition coefficient (Wildman–Crippen LogP) is 2.12. The van der Waals surface area contributed by atoms with Crippen LogP contribution in [0.2, 0.25) is 0 Å². The second-order valence-electron chi connectivity index (χ2n) is 3.69. The van der Waals surface area contributed by atoms with Crippen molar-refractivity contribution in [1.82, 2.24) is 10.1 Å². The summed E-state index contributed by atoms with van der Waals surface area (Å²) >= 11 is 0. The van der Waals surface area contributed by atoms with Crippen LogP contribution < -0.4 is 4.74 Å². The molecule has 0 aliphatic heterocycles. The molecule has 0 radical (unpaired) electrons. The largest absolute Gasteiger partial charge is 0.497 e. The second-order valence-corrected chi connectivity index (χ2v) is 3.69. The molecule has 1 heterocycles. The first-order valence-electron chi connectivity index (χ1n) is 5.38. The highest BCUT2D eigenvalue weighted by molar-refractivity contribution is 5.83. The Morgan fingerprint density at radius 1 is 1.47 bits per heavy atom. The summed E-state index contributed by atoms with van der Waals surface area (Å²) in [6.45, 7) is 0. The molecule has 0 aliphatic carbocycles. The van der Waals surface area contributed by atoms with Crippen LogP contribution >= 0.6 is 0 Å². The fraction of sp³-hybridized carbons (Fsp3) is 0.250. The number of Topliss-reactive ketones (excluding diaryl/α,β-unsaturated/α-hetero) is 1. The van der Waals surface area contributed by atoms with E-state index in [-0.39, 0.29) is 11.7 Å². The summed E-state index contributed by atoms with van der Waals surface area (Å²) < 4.78 is 34.0. The molecule has 0 saturated heterocycles. The minimum Gasteiger partial charge on any atom is -0.497 e. The van der Waals surface area contributed by atoms with E-state index in [1.807, 2.05) is 0 Å². The molecule has 0 bridgehead atoms. The fourth-order valence-corrected chi connectivity index (χ4v) is 1.43. The van der Waals surface area contributed by atoms with Crippen molar-refractivity contribution in [1.29, 1.82) is 0 Å². The number of aromatic nitrogens is 2. The van der Waals surface area contributed by atoms with Crippen LogP contribution in [-0.4, -0.2) is 29.5 Å². The van der Waals surface area contributed by atoms with Gasteiger partial charge in [0.15, 0.2) is 0 Å². The Kier molecular flexibility index (Phi) is 3.84. The van der Waals surface area contributed by atoms with Crippen LogP contribution in [-0.2, 0) is 11.2 Å². The van der Waals surface area contributed by atoms with Gasteiger partial charge in [-0.05, 0) is 12.1 Å². The number of hydrogen-bond donors (Lipinski definition) is 0. The Bertz CT molecular complexity index is 584. The van der Waals surface area contributed by atoms with Crippen LogP contribution in [0.1, 0.15) is 5.89 Å². The number of hydrogen-bond acceptors (Lipinski definition) is 5. The van der Waals surface area contributed by atoms with E-state index >= 15 is 0 Å². The minimum atomic E-state index is -3.04. The second kappa shape index (κ2) is 5.55. The number of nitrogens with zero attached hydrogens (tertiary/aromatic N) is 2. The molecule has 2 rings (SSSR count). The number of carbonyl (C=O) groups excluding carboxylic acids is 1. The lowest BCUT2D eigenvalue weighted by Crippen LogP contribution is -2.12. The van der Waals surface area contributed by atoms with Gasteiger partial charge in [0.1, 0.15) is 5.75 Å². The highest BCUT2D eigenvalue weighted by Crippen LogP contribution is 2.21. The number of rotatable bonds is 5. The Morgan fingerprint density at radius 2 is 2.26 bits per heavy atom. The first-order valence-corrected chi connectivity index (χ1v) is 5.38. The summed E-state index contributed by atoms with van der Waals surface area (Å²) in [6, 6.07) is 6.86. The highest BCUT2D eigenvalue weighted by Gasteiger charge is 2.19. The number of carbonyl (C=O) groups is 1. The van der Waals surface area contributed by atoms with Crippen molar-refractivity contribution in [2.24, 2.45) is 0 Å². The summed E-state index contributed by atoms with van der Waals surface area (Å²) in [4.78, 5) is 14.8. The maximum atomic E-state index is 12.1. The first-order chi connectivity index (χ1) is 9.10. The molecule has 0 saturated carbocycles. The van der Waals surface area contributed by atoms with Gasteiger partial charge >= 0.3 is 0 Å². The van der Waals surface area contributed by atoms with Crippen LogP contribution in [0.4, 0.5) is 8.78 Å². The fourth-order valence-electron chi connectivity index (χ4n) is 1.43. The van der Waals surface area contributed by atoms with Gasteiger partial charge in [0.2, 0.25) is 17.5 Å². The van der Waals surface area contributed by atoms with Gasteiger partial charge in [-0.3, -0.25) is 4.79 Å². The van der Waals surface area contributed by atoms with Crippen LogP contribution in [0.5, 0.6) is 5.75 Å². The molecule has 0 N–H and O–H groups in total. The number of halogens is 2. The quantitative estimate of drug-likeness (QED) is 0.831. The van der Waals surface area contributed by atoms with Crippen LogP contribution in [0.3, 0.4) is 0 Å². The summed E-state index contributed by atoms with van der Waals surface area (Å²) in [5, 5.41) is 3.64. The third-order valence-electron chi connectivity index (χ3n) is 2.36. The zero-order valence-electron chi connectivity index (χ0n) is 9.97. The van der Waals surface area contributed by atoms with Gasteiger partial charge in [-0.2, -0.15) is 4.98 Å². The molecular weight excluding hydrogens is 258 g/mol. The standard InChI is InChI=1S/C12H10F2N2O3/c1-18-8-4-2-3-7(5-8)12-15-10(19-16-12)6-9(17)11(13)14/h2-5,11H,6H2,1H3. The van der Waals surface area contributed by atoms with Crippen molar-refractivity contribution in [2.75, 3.05) is 7.11 Å². The van der Waals surface area contributed by atoms with Gasteiger partial charge in [-0.25, -0.2) is 8.78 Å².